The average molecular weight is 221 g/mol. The first-order chi connectivity index (χ1) is 4.68. The number of hydrogen-bond acceptors (Lipinski definition) is 2. The minimum absolute atomic E-state index is 0.121. The molecule has 2 nitrogen and oxygen atoms in total. The Morgan fingerprint density at radius 1 is 1.70 bits per heavy atom. The van der Waals surface area contributed by atoms with E-state index in [0.29, 0.717) is 0 Å². The lowest BCUT2D eigenvalue weighted by molar-refractivity contribution is -0.136. The first-order valence-corrected chi connectivity index (χ1v) is 4.25. The Labute approximate surface area is 70.6 Å². The Kier molecular flexibility index (Phi) is 2.45. The van der Waals surface area contributed by atoms with Gasteiger partial charge in [0.1, 0.15) is 0 Å². The number of halogens is 1. The van der Waals surface area contributed by atoms with Crippen LogP contribution in [0.15, 0.2) is 15.9 Å². The zero-order valence-corrected chi connectivity index (χ0v) is 7.41. The Balaban J connectivity index is 2.67. The lowest BCUT2D eigenvalue weighted by Crippen LogP contribution is -1.96. The molecule has 1 aromatic heterocycles. The summed E-state index contributed by atoms with van der Waals surface area (Å²) >= 11 is 4.70. The molecule has 54 valence electrons. The maximum atomic E-state index is 10.2. The Morgan fingerprint density at radius 2 is 2.40 bits per heavy atom. The molecule has 0 amide bonds. The van der Waals surface area contributed by atoms with Gasteiger partial charge in [0.15, 0.2) is 0 Å². The maximum absolute atomic E-state index is 10.2. The van der Waals surface area contributed by atoms with Crippen LogP contribution in [-0.4, -0.2) is 11.1 Å². The van der Waals surface area contributed by atoms with Gasteiger partial charge in [0.25, 0.3) is 0 Å². The Bertz CT molecular complexity index is 244. The van der Waals surface area contributed by atoms with E-state index in [1.54, 1.807) is 0 Å². The number of carbonyl (C=O) groups is 1. The van der Waals surface area contributed by atoms with E-state index >= 15 is 0 Å². The summed E-state index contributed by atoms with van der Waals surface area (Å²) in [6, 6.07) is 3.66. The number of thiophene rings is 1. The minimum Gasteiger partial charge on any atom is -0.481 e. The highest BCUT2D eigenvalue weighted by Crippen LogP contribution is 2.22. The van der Waals surface area contributed by atoms with Crippen molar-refractivity contribution in [3.8, 4) is 0 Å². The fourth-order valence-corrected chi connectivity index (χ4v) is 2.07. The Hall–Kier alpha value is -0.350. The van der Waals surface area contributed by atoms with Gasteiger partial charge >= 0.3 is 5.97 Å². The van der Waals surface area contributed by atoms with Crippen molar-refractivity contribution in [1.82, 2.24) is 0 Å². The zero-order valence-electron chi connectivity index (χ0n) is 5.00. The maximum Gasteiger partial charge on any atom is 0.308 e. The molecule has 1 aromatic rings. The second-order valence-electron chi connectivity index (χ2n) is 1.78. The van der Waals surface area contributed by atoms with Crippen molar-refractivity contribution >= 4 is 33.2 Å². The standard InChI is InChI=1S/C6H5BrO2S/c7-5-2-1-4(10-5)3-6(8)9/h1-2H,3H2,(H,8,9). The van der Waals surface area contributed by atoms with E-state index in [0.717, 1.165) is 8.66 Å². The number of rotatable bonds is 2. The highest BCUT2D eigenvalue weighted by molar-refractivity contribution is 9.11. The van der Waals surface area contributed by atoms with E-state index in [1.807, 2.05) is 12.1 Å². The van der Waals surface area contributed by atoms with E-state index in [9.17, 15) is 4.79 Å². The number of aliphatic carboxylic acids is 1. The van der Waals surface area contributed by atoms with Gasteiger partial charge in [0.2, 0.25) is 0 Å². The van der Waals surface area contributed by atoms with Crippen LogP contribution in [0.25, 0.3) is 0 Å². The zero-order chi connectivity index (χ0) is 7.56. The number of carboxylic acids is 1. The summed E-state index contributed by atoms with van der Waals surface area (Å²) < 4.78 is 0.976. The molecule has 0 bridgehead atoms. The second kappa shape index (κ2) is 3.16. The highest BCUT2D eigenvalue weighted by atomic mass is 79.9. The van der Waals surface area contributed by atoms with Crippen LogP contribution in [0.1, 0.15) is 4.88 Å². The van der Waals surface area contributed by atoms with Gasteiger partial charge in [-0.1, -0.05) is 0 Å². The van der Waals surface area contributed by atoms with Crippen LogP contribution in [0.5, 0.6) is 0 Å². The van der Waals surface area contributed by atoms with Crippen molar-refractivity contribution in [2.45, 2.75) is 6.42 Å². The van der Waals surface area contributed by atoms with Gasteiger partial charge in [-0.15, -0.1) is 11.3 Å². The quantitative estimate of drug-likeness (QED) is 0.830. The fraction of sp³-hybridized carbons (Fsp3) is 0.167. The summed E-state index contributed by atoms with van der Waals surface area (Å²) in [5, 5.41) is 8.37. The topological polar surface area (TPSA) is 37.3 Å². The molecule has 0 aliphatic carbocycles. The molecule has 1 heterocycles. The molecule has 1 rings (SSSR count). The molecular weight excluding hydrogens is 216 g/mol. The third-order valence-electron chi connectivity index (χ3n) is 0.954. The second-order valence-corrected chi connectivity index (χ2v) is 4.32. The molecule has 0 saturated heterocycles. The molecule has 0 saturated carbocycles. The molecule has 10 heavy (non-hydrogen) atoms. The smallest absolute Gasteiger partial charge is 0.308 e. The average Bonchev–Trinajstić information content (AvgIpc) is 2.13. The summed E-state index contributed by atoms with van der Waals surface area (Å²) in [6.07, 6.45) is 0.121. The normalized spacial score (nSPS) is 9.70. The third-order valence-corrected chi connectivity index (χ3v) is 2.58. The molecule has 0 spiro atoms. The minimum atomic E-state index is -0.783. The first-order valence-electron chi connectivity index (χ1n) is 2.64. The molecule has 1 N–H and O–H groups in total. The van der Waals surface area contributed by atoms with Crippen LogP contribution in [0.4, 0.5) is 0 Å². The van der Waals surface area contributed by atoms with Crippen molar-refractivity contribution in [3.63, 3.8) is 0 Å². The molecule has 0 unspecified atom stereocenters. The van der Waals surface area contributed by atoms with Gasteiger partial charge in [0.05, 0.1) is 10.2 Å². The lowest BCUT2D eigenvalue weighted by atomic mass is 10.3. The predicted molar refractivity (Wildman–Crippen MR) is 43.4 cm³/mol. The summed E-state index contributed by atoms with van der Waals surface area (Å²) in [5.74, 6) is -0.783. The van der Waals surface area contributed by atoms with Crippen LogP contribution in [0, 0.1) is 0 Å². The van der Waals surface area contributed by atoms with Crippen LogP contribution >= 0.6 is 27.3 Å². The van der Waals surface area contributed by atoms with Crippen LogP contribution in [0.2, 0.25) is 0 Å². The van der Waals surface area contributed by atoms with Crippen LogP contribution in [-0.2, 0) is 11.2 Å². The largest absolute Gasteiger partial charge is 0.481 e. The van der Waals surface area contributed by atoms with Crippen LogP contribution < -0.4 is 0 Å². The lowest BCUT2D eigenvalue weighted by Gasteiger charge is -1.85. The summed E-state index contributed by atoms with van der Waals surface area (Å²) in [7, 11) is 0. The predicted octanol–water partition coefficient (Wildman–Crippen LogP) is 2.14. The fourth-order valence-electron chi connectivity index (χ4n) is 0.596. The van der Waals surface area contributed by atoms with Crippen molar-refractivity contribution in [2.24, 2.45) is 0 Å². The molecule has 0 aliphatic rings. The summed E-state index contributed by atoms with van der Waals surface area (Å²) in [6.45, 7) is 0. The van der Waals surface area contributed by atoms with E-state index in [4.69, 9.17) is 5.11 Å². The van der Waals surface area contributed by atoms with Crippen molar-refractivity contribution in [1.29, 1.82) is 0 Å². The van der Waals surface area contributed by atoms with Gasteiger partial charge in [-0.2, -0.15) is 0 Å². The van der Waals surface area contributed by atoms with Crippen molar-refractivity contribution < 1.29 is 9.90 Å². The van der Waals surface area contributed by atoms with Crippen LogP contribution in [0.3, 0.4) is 0 Å². The van der Waals surface area contributed by atoms with Gasteiger partial charge < -0.3 is 5.11 Å². The van der Waals surface area contributed by atoms with Crippen molar-refractivity contribution in [2.75, 3.05) is 0 Å². The van der Waals surface area contributed by atoms with Gasteiger partial charge in [-0.05, 0) is 28.1 Å². The molecule has 0 aliphatic heterocycles. The van der Waals surface area contributed by atoms with Gasteiger partial charge in [-0.25, -0.2) is 0 Å². The molecule has 0 atom stereocenters. The van der Waals surface area contributed by atoms with E-state index < -0.39 is 5.97 Å². The SMILES string of the molecule is O=C(O)Cc1ccc(Br)s1. The first kappa shape index (κ1) is 7.75. The molecule has 0 aromatic carbocycles. The molecule has 0 fully saturated rings. The van der Waals surface area contributed by atoms with E-state index in [1.165, 1.54) is 11.3 Å². The van der Waals surface area contributed by atoms with Gasteiger partial charge in [0, 0.05) is 4.88 Å². The number of carboxylic acid groups (broad SMARTS) is 1. The van der Waals surface area contributed by atoms with E-state index in [-0.39, 0.29) is 6.42 Å². The third kappa shape index (κ3) is 2.11. The molecule has 4 heteroatoms. The molecular formula is C6H5BrO2S. The molecule has 0 radical (unpaired) electrons. The van der Waals surface area contributed by atoms with E-state index in [2.05, 4.69) is 15.9 Å². The van der Waals surface area contributed by atoms with Gasteiger partial charge in [-0.3, -0.25) is 4.79 Å². The summed E-state index contributed by atoms with van der Waals surface area (Å²) in [5.41, 5.74) is 0. The Morgan fingerprint density at radius 3 is 2.80 bits per heavy atom. The number of hydrogen-bond donors (Lipinski definition) is 1. The summed E-state index contributed by atoms with van der Waals surface area (Å²) in [4.78, 5) is 11.0. The highest BCUT2D eigenvalue weighted by Gasteiger charge is 2.01. The van der Waals surface area contributed by atoms with Crippen molar-refractivity contribution in [3.05, 3.63) is 20.8 Å². The monoisotopic (exact) mass is 220 g/mol.